The second-order valence-electron chi connectivity index (χ2n) is 4.76. The summed E-state index contributed by atoms with van der Waals surface area (Å²) in [6, 6.07) is 5.98. The van der Waals surface area contributed by atoms with E-state index in [0.29, 0.717) is 19.6 Å². The Bertz CT molecular complexity index is 671. The zero-order valence-corrected chi connectivity index (χ0v) is 14.5. The molecule has 1 aromatic rings. The monoisotopic (exact) mass is 366 g/mol. The predicted octanol–water partition coefficient (Wildman–Crippen LogP) is -0.541. The van der Waals surface area contributed by atoms with E-state index in [1.807, 2.05) is 0 Å². The lowest BCUT2D eigenvalue weighted by Crippen LogP contribution is -2.30. The number of ether oxygens (including phenoxy) is 2. The van der Waals surface area contributed by atoms with Gasteiger partial charge in [-0.2, -0.15) is 0 Å². The average Bonchev–Trinajstić information content (AvgIpc) is 2.46. The van der Waals surface area contributed by atoms with Gasteiger partial charge in [0.15, 0.2) is 0 Å². The molecule has 0 fully saturated rings. The third-order valence-electron chi connectivity index (χ3n) is 2.92. The van der Waals surface area contributed by atoms with Gasteiger partial charge in [0.2, 0.25) is 20.0 Å². The fraction of sp³-hybridized carbons (Fsp3) is 0.538. The van der Waals surface area contributed by atoms with E-state index in [9.17, 15) is 16.8 Å². The van der Waals surface area contributed by atoms with Crippen LogP contribution in [0.4, 0.5) is 0 Å². The van der Waals surface area contributed by atoms with Crippen LogP contribution in [-0.2, 0) is 35.9 Å². The fourth-order valence-corrected chi connectivity index (χ4v) is 3.09. The number of primary sulfonamides is 1. The molecule has 0 aliphatic carbocycles. The van der Waals surface area contributed by atoms with Crippen LogP contribution in [0.5, 0.6) is 0 Å². The first-order valence-corrected chi connectivity index (χ1v) is 10.1. The number of nitrogens with one attached hydrogen (secondary N) is 1. The van der Waals surface area contributed by atoms with Gasteiger partial charge in [-0.25, -0.2) is 26.7 Å². The van der Waals surface area contributed by atoms with Crippen molar-refractivity contribution >= 4 is 20.0 Å². The quantitative estimate of drug-likeness (QED) is 0.507. The van der Waals surface area contributed by atoms with Gasteiger partial charge in [0.25, 0.3) is 0 Å². The molecule has 0 saturated carbocycles. The molecule has 0 radical (unpaired) electrons. The van der Waals surface area contributed by atoms with Crippen LogP contribution in [0, 0.1) is 0 Å². The number of hydrogen-bond acceptors (Lipinski definition) is 6. The maximum atomic E-state index is 11.7. The van der Waals surface area contributed by atoms with Crippen molar-refractivity contribution in [1.29, 1.82) is 0 Å². The van der Waals surface area contributed by atoms with Crippen molar-refractivity contribution in [3.05, 3.63) is 29.8 Å². The molecule has 0 amide bonds. The minimum Gasteiger partial charge on any atom is -0.382 e. The first-order chi connectivity index (χ1) is 10.7. The molecule has 0 aliphatic heterocycles. The molecule has 1 aromatic carbocycles. The summed E-state index contributed by atoms with van der Waals surface area (Å²) in [7, 11) is -5.58. The standard InChI is InChI=1S/C13H22N2O6S2/c1-20-8-9-21-10-11-22(16,17)15-7-6-12-2-4-13(5-3-12)23(14,18)19/h2-5,15H,6-11H2,1H3,(H2,14,18,19). The van der Waals surface area contributed by atoms with Crippen LogP contribution in [0.2, 0.25) is 0 Å². The van der Waals surface area contributed by atoms with Gasteiger partial charge in [-0.15, -0.1) is 0 Å². The Kier molecular flexibility index (Phi) is 8.09. The summed E-state index contributed by atoms with van der Waals surface area (Å²) < 4.78 is 58.0. The molecule has 0 aliphatic rings. The molecular weight excluding hydrogens is 344 g/mol. The van der Waals surface area contributed by atoms with Crippen LogP contribution in [0.15, 0.2) is 29.2 Å². The first-order valence-electron chi connectivity index (χ1n) is 6.90. The summed E-state index contributed by atoms with van der Waals surface area (Å²) in [4.78, 5) is 0.0232. The summed E-state index contributed by atoms with van der Waals surface area (Å²) in [5.41, 5.74) is 0.802. The Morgan fingerprint density at radius 2 is 1.70 bits per heavy atom. The lowest BCUT2D eigenvalue weighted by molar-refractivity contribution is 0.0784. The third kappa shape index (κ3) is 8.39. The molecule has 0 atom stereocenters. The molecule has 0 unspecified atom stereocenters. The van der Waals surface area contributed by atoms with Crippen molar-refractivity contribution in [2.45, 2.75) is 11.3 Å². The Morgan fingerprint density at radius 3 is 2.26 bits per heavy atom. The van der Waals surface area contributed by atoms with Gasteiger partial charge in [0.1, 0.15) is 0 Å². The number of sulfonamides is 2. The number of benzene rings is 1. The molecule has 0 heterocycles. The summed E-state index contributed by atoms with van der Waals surface area (Å²) in [5, 5.41) is 5.00. The van der Waals surface area contributed by atoms with E-state index in [4.69, 9.17) is 14.6 Å². The van der Waals surface area contributed by atoms with Gasteiger partial charge in [0.05, 0.1) is 30.5 Å². The average molecular weight is 366 g/mol. The summed E-state index contributed by atoms with van der Waals surface area (Å²) in [6.07, 6.45) is 0.439. The third-order valence-corrected chi connectivity index (χ3v) is 5.19. The van der Waals surface area contributed by atoms with E-state index in [-0.39, 0.29) is 23.8 Å². The second kappa shape index (κ2) is 9.30. The van der Waals surface area contributed by atoms with E-state index in [0.717, 1.165) is 5.56 Å². The molecular formula is C13H22N2O6S2. The van der Waals surface area contributed by atoms with Crippen molar-refractivity contribution in [3.8, 4) is 0 Å². The molecule has 8 nitrogen and oxygen atoms in total. The normalized spacial score (nSPS) is 12.4. The van der Waals surface area contributed by atoms with Crippen LogP contribution < -0.4 is 9.86 Å². The van der Waals surface area contributed by atoms with Gasteiger partial charge in [-0.1, -0.05) is 12.1 Å². The Morgan fingerprint density at radius 1 is 1.04 bits per heavy atom. The molecule has 3 N–H and O–H groups in total. The zero-order chi connectivity index (χ0) is 17.3. The SMILES string of the molecule is COCCOCCS(=O)(=O)NCCc1ccc(S(N)(=O)=O)cc1. The molecule has 23 heavy (non-hydrogen) atoms. The Labute approximate surface area is 137 Å². The van der Waals surface area contributed by atoms with Crippen LogP contribution in [0.25, 0.3) is 0 Å². The predicted molar refractivity (Wildman–Crippen MR) is 86.0 cm³/mol. The Balaban J connectivity index is 2.35. The fourth-order valence-electron chi connectivity index (χ4n) is 1.68. The van der Waals surface area contributed by atoms with Crippen molar-refractivity contribution in [3.63, 3.8) is 0 Å². The van der Waals surface area contributed by atoms with E-state index < -0.39 is 20.0 Å². The van der Waals surface area contributed by atoms with Crippen molar-refractivity contribution in [1.82, 2.24) is 4.72 Å². The number of methoxy groups -OCH3 is 1. The van der Waals surface area contributed by atoms with Crippen molar-refractivity contribution in [2.24, 2.45) is 5.14 Å². The molecule has 0 bridgehead atoms. The molecule has 10 heteroatoms. The molecule has 0 spiro atoms. The number of rotatable bonds is 11. The number of nitrogens with two attached hydrogens (primary N) is 1. The van der Waals surface area contributed by atoms with E-state index in [1.165, 1.54) is 19.2 Å². The minimum absolute atomic E-state index is 0.0232. The highest BCUT2D eigenvalue weighted by atomic mass is 32.2. The largest absolute Gasteiger partial charge is 0.382 e. The molecule has 132 valence electrons. The van der Waals surface area contributed by atoms with Crippen LogP contribution in [0.1, 0.15) is 5.56 Å². The van der Waals surface area contributed by atoms with Gasteiger partial charge < -0.3 is 9.47 Å². The lowest BCUT2D eigenvalue weighted by Gasteiger charge is -2.08. The maximum absolute atomic E-state index is 11.7. The minimum atomic E-state index is -3.71. The summed E-state index contributed by atoms with van der Waals surface area (Å²) in [6.45, 7) is 1.08. The summed E-state index contributed by atoms with van der Waals surface area (Å²) in [5.74, 6) is -0.124. The topological polar surface area (TPSA) is 125 Å². The summed E-state index contributed by atoms with van der Waals surface area (Å²) >= 11 is 0. The van der Waals surface area contributed by atoms with Crippen LogP contribution in [0.3, 0.4) is 0 Å². The molecule has 0 aromatic heterocycles. The van der Waals surface area contributed by atoms with Crippen LogP contribution in [-0.4, -0.2) is 56.1 Å². The highest BCUT2D eigenvalue weighted by Crippen LogP contribution is 2.09. The second-order valence-corrected chi connectivity index (χ2v) is 8.25. The maximum Gasteiger partial charge on any atom is 0.238 e. The highest BCUT2D eigenvalue weighted by molar-refractivity contribution is 7.89. The van der Waals surface area contributed by atoms with Gasteiger partial charge in [-0.3, -0.25) is 0 Å². The Hall–Kier alpha value is -1.04. The number of hydrogen-bond donors (Lipinski definition) is 2. The van der Waals surface area contributed by atoms with Crippen LogP contribution >= 0.6 is 0 Å². The van der Waals surface area contributed by atoms with E-state index in [1.54, 1.807) is 12.1 Å². The van der Waals surface area contributed by atoms with Crippen molar-refractivity contribution < 1.29 is 26.3 Å². The highest BCUT2D eigenvalue weighted by Gasteiger charge is 2.10. The first kappa shape index (κ1) is 20.0. The van der Waals surface area contributed by atoms with Crippen molar-refractivity contribution in [2.75, 3.05) is 39.2 Å². The van der Waals surface area contributed by atoms with Gasteiger partial charge in [-0.05, 0) is 24.1 Å². The smallest absolute Gasteiger partial charge is 0.238 e. The van der Waals surface area contributed by atoms with Gasteiger partial charge >= 0.3 is 0 Å². The molecule has 0 saturated heterocycles. The molecule has 1 rings (SSSR count). The van der Waals surface area contributed by atoms with E-state index >= 15 is 0 Å². The van der Waals surface area contributed by atoms with Gasteiger partial charge in [0, 0.05) is 13.7 Å². The zero-order valence-electron chi connectivity index (χ0n) is 12.9. The lowest BCUT2D eigenvalue weighted by atomic mass is 10.2. The van der Waals surface area contributed by atoms with E-state index in [2.05, 4.69) is 4.72 Å².